The first-order valence-electron chi connectivity index (χ1n) is 8.01. The summed E-state index contributed by atoms with van der Waals surface area (Å²) in [6, 6.07) is 9.65. The fourth-order valence-corrected chi connectivity index (χ4v) is 3.08. The van der Waals surface area contributed by atoms with Crippen molar-refractivity contribution in [3.8, 4) is 11.3 Å². The summed E-state index contributed by atoms with van der Waals surface area (Å²) >= 11 is 5.22. The minimum absolute atomic E-state index is 0.0450. The lowest BCUT2D eigenvalue weighted by molar-refractivity contribution is 0.515. The second-order valence-corrected chi connectivity index (χ2v) is 8.88. The van der Waals surface area contributed by atoms with E-state index >= 15 is 0 Å². The van der Waals surface area contributed by atoms with Gasteiger partial charge >= 0.3 is 0 Å². The number of furan rings is 1. The molecule has 0 aliphatic carbocycles. The van der Waals surface area contributed by atoms with Crippen molar-refractivity contribution >= 4 is 28.5 Å². The second kappa shape index (κ2) is 6.87. The van der Waals surface area contributed by atoms with E-state index in [1.807, 2.05) is 20.8 Å². The Bertz CT molecular complexity index is 1150. The maximum absolute atomic E-state index is 11.3. The van der Waals surface area contributed by atoms with Gasteiger partial charge in [0.15, 0.2) is 5.82 Å². The van der Waals surface area contributed by atoms with Gasteiger partial charge in [-0.1, -0.05) is 20.8 Å². The largest absolute Gasteiger partial charge is 0.455 e. The Kier molecular flexibility index (Phi) is 4.89. The van der Waals surface area contributed by atoms with Gasteiger partial charge in [-0.25, -0.2) is 13.6 Å². The number of rotatable bonds is 4. The number of benzene rings is 1. The molecule has 0 aliphatic heterocycles. The number of primary sulfonamides is 1. The highest BCUT2D eigenvalue weighted by atomic mass is 32.2. The molecular weight excluding hydrogens is 386 g/mol. The summed E-state index contributed by atoms with van der Waals surface area (Å²) in [5.41, 5.74) is 0.488. The van der Waals surface area contributed by atoms with Crippen LogP contribution in [-0.2, 0) is 15.4 Å². The molecule has 27 heavy (non-hydrogen) atoms. The highest BCUT2D eigenvalue weighted by Gasteiger charge is 2.21. The van der Waals surface area contributed by atoms with Crippen molar-refractivity contribution in [1.82, 2.24) is 14.9 Å². The lowest BCUT2D eigenvalue weighted by Gasteiger charge is -2.15. The van der Waals surface area contributed by atoms with Crippen molar-refractivity contribution < 1.29 is 12.8 Å². The molecule has 0 radical (unpaired) electrons. The van der Waals surface area contributed by atoms with E-state index in [0.29, 0.717) is 22.1 Å². The molecular formula is C17H19N5O3S2. The predicted octanol–water partition coefficient (Wildman–Crippen LogP) is 3.03. The van der Waals surface area contributed by atoms with E-state index in [4.69, 9.17) is 21.8 Å². The van der Waals surface area contributed by atoms with Crippen molar-refractivity contribution in [2.75, 3.05) is 0 Å². The number of sulfonamides is 1. The molecule has 0 aliphatic rings. The highest BCUT2D eigenvalue weighted by Crippen LogP contribution is 2.23. The quantitative estimate of drug-likeness (QED) is 0.511. The van der Waals surface area contributed by atoms with Crippen LogP contribution < -0.4 is 5.14 Å². The third-order valence-corrected chi connectivity index (χ3v) is 4.91. The molecule has 2 aromatic heterocycles. The molecule has 10 heteroatoms. The summed E-state index contributed by atoms with van der Waals surface area (Å²) < 4.78 is 30.3. The van der Waals surface area contributed by atoms with E-state index in [1.54, 1.807) is 35.2 Å². The Hall–Kier alpha value is -2.56. The molecule has 0 saturated carbocycles. The van der Waals surface area contributed by atoms with Crippen molar-refractivity contribution in [1.29, 1.82) is 0 Å². The summed E-state index contributed by atoms with van der Waals surface area (Å²) in [4.78, 5) is 0.0450. The number of nitrogens with one attached hydrogen (secondary N) is 1. The molecule has 8 nitrogen and oxygen atoms in total. The number of aromatic nitrogens is 3. The van der Waals surface area contributed by atoms with Gasteiger partial charge in [-0.15, -0.1) is 0 Å². The number of nitrogens with two attached hydrogens (primary N) is 1. The third-order valence-electron chi connectivity index (χ3n) is 3.72. The van der Waals surface area contributed by atoms with Gasteiger partial charge in [-0.05, 0) is 48.6 Å². The lowest BCUT2D eigenvalue weighted by Crippen LogP contribution is -2.17. The molecule has 3 N–H and O–H groups in total. The van der Waals surface area contributed by atoms with E-state index in [-0.39, 0.29) is 10.3 Å². The first kappa shape index (κ1) is 19.2. The van der Waals surface area contributed by atoms with Crippen molar-refractivity contribution in [3.63, 3.8) is 0 Å². The Morgan fingerprint density at radius 3 is 2.48 bits per heavy atom. The number of nitrogens with zero attached hydrogens (tertiary/aromatic N) is 3. The molecule has 142 valence electrons. The maximum atomic E-state index is 11.3. The summed E-state index contributed by atoms with van der Waals surface area (Å²) in [5.74, 6) is 1.79. The monoisotopic (exact) mass is 405 g/mol. The van der Waals surface area contributed by atoms with Gasteiger partial charge < -0.3 is 4.42 Å². The van der Waals surface area contributed by atoms with Gasteiger partial charge in [0.2, 0.25) is 14.8 Å². The zero-order valence-electron chi connectivity index (χ0n) is 15.0. The van der Waals surface area contributed by atoms with Gasteiger partial charge in [0, 0.05) is 11.0 Å². The predicted molar refractivity (Wildman–Crippen MR) is 105 cm³/mol. The number of hydrogen-bond acceptors (Lipinski definition) is 6. The number of H-pyrrole nitrogens is 1. The Labute approximate surface area is 161 Å². The summed E-state index contributed by atoms with van der Waals surface area (Å²) in [6.45, 7) is 6.04. The standard InChI is InChI=1S/C17H19N5O3S2/c1-17(2,3)15-20-21-16(26)22(15)19-10-12-6-9-14(25-12)11-4-7-13(8-5-11)27(18,23)24/h4-10H,1-3H3,(H,21,26)(H2,18,23,24)/b19-10-. The Morgan fingerprint density at radius 1 is 1.22 bits per heavy atom. The smallest absolute Gasteiger partial charge is 0.238 e. The minimum atomic E-state index is -3.72. The number of hydrogen-bond donors (Lipinski definition) is 2. The molecule has 0 bridgehead atoms. The molecule has 0 amide bonds. The van der Waals surface area contributed by atoms with E-state index in [1.165, 1.54) is 12.1 Å². The molecule has 3 rings (SSSR count). The van der Waals surface area contributed by atoms with Crippen LogP contribution in [0.5, 0.6) is 0 Å². The van der Waals surface area contributed by atoms with E-state index in [0.717, 1.165) is 5.56 Å². The van der Waals surface area contributed by atoms with Crippen molar-refractivity contribution in [2.45, 2.75) is 31.1 Å². The average molecular weight is 406 g/mol. The zero-order valence-corrected chi connectivity index (χ0v) is 16.6. The van der Waals surface area contributed by atoms with Gasteiger partial charge in [0.05, 0.1) is 11.1 Å². The van der Waals surface area contributed by atoms with Crippen LogP contribution in [-0.4, -0.2) is 29.5 Å². The fraction of sp³-hybridized carbons (Fsp3) is 0.235. The van der Waals surface area contributed by atoms with Crippen LogP contribution >= 0.6 is 12.2 Å². The normalized spacial score (nSPS) is 12.7. The third kappa shape index (κ3) is 4.24. The maximum Gasteiger partial charge on any atom is 0.238 e. The van der Waals surface area contributed by atoms with Gasteiger partial charge in [-0.3, -0.25) is 5.10 Å². The second-order valence-electron chi connectivity index (χ2n) is 6.93. The molecule has 2 heterocycles. The molecule has 0 atom stereocenters. The Balaban J connectivity index is 1.86. The first-order chi connectivity index (χ1) is 12.6. The minimum Gasteiger partial charge on any atom is -0.455 e. The van der Waals surface area contributed by atoms with E-state index < -0.39 is 10.0 Å². The van der Waals surface area contributed by atoms with Gasteiger partial charge in [0.25, 0.3) is 0 Å². The fourth-order valence-electron chi connectivity index (χ4n) is 2.39. The molecule has 3 aromatic rings. The van der Waals surface area contributed by atoms with Crippen LogP contribution in [0, 0.1) is 4.77 Å². The van der Waals surface area contributed by atoms with Crippen LogP contribution in [0.3, 0.4) is 0 Å². The van der Waals surface area contributed by atoms with Crippen LogP contribution in [0.2, 0.25) is 0 Å². The molecule has 1 aromatic carbocycles. The topological polar surface area (TPSA) is 119 Å². The van der Waals surface area contributed by atoms with Gasteiger partial charge in [0.1, 0.15) is 11.5 Å². The summed E-state index contributed by atoms with van der Waals surface area (Å²) in [6.07, 6.45) is 1.54. The van der Waals surface area contributed by atoms with Crippen LogP contribution in [0.15, 0.2) is 50.8 Å². The average Bonchev–Trinajstić information content (AvgIpc) is 3.18. The number of aromatic amines is 1. The lowest BCUT2D eigenvalue weighted by atomic mass is 9.96. The van der Waals surface area contributed by atoms with Crippen LogP contribution in [0.4, 0.5) is 0 Å². The molecule has 0 saturated heterocycles. The summed E-state index contributed by atoms with van der Waals surface area (Å²) in [7, 11) is -3.72. The SMILES string of the molecule is CC(C)(C)c1n[nH]c(=S)n1/N=C\c1ccc(-c2ccc(S(N)(=O)=O)cc2)o1. The Morgan fingerprint density at radius 2 is 1.89 bits per heavy atom. The van der Waals surface area contributed by atoms with Crippen LogP contribution in [0.1, 0.15) is 32.4 Å². The van der Waals surface area contributed by atoms with Crippen molar-refractivity contribution in [2.24, 2.45) is 10.2 Å². The van der Waals surface area contributed by atoms with E-state index in [2.05, 4.69) is 15.3 Å². The molecule has 0 fully saturated rings. The highest BCUT2D eigenvalue weighted by molar-refractivity contribution is 7.89. The zero-order chi connectivity index (χ0) is 19.8. The van der Waals surface area contributed by atoms with E-state index in [9.17, 15) is 8.42 Å². The van der Waals surface area contributed by atoms with Crippen molar-refractivity contribution in [3.05, 3.63) is 52.8 Å². The van der Waals surface area contributed by atoms with Crippen LogP contribution in [0.25, 0.3) is 11.3 Å². The molecule has 0 unspecified atom stereocenters. The van der Waals surface area contributed by atoms with Gasteiger partial charge in [-0.2, -0.15) is 14.9 Å². The summed E-state index contributed by atoms with van der Waals surface area (Å²) in [5, 5.41) is 16.4. The first-order valence-corrected chi connectivity index (χ1v) is 9.96. The molecule has 0 spiro atoms.